The molecule has 0 unspecified atom stereocenters. The average Bonchev–Trinajstić information content (AvgIpc) is 2.96. The minimum Gasteiger partial charge on any atom is -0.450 e. The van der Waals surface area contributed by atoms with Gasteiger partial charge in [-0.3, -0.25) is 4.79 Å². The second-order valence-corrected chi connectivity index (χ2v) is 7.08. The molecular weight excluding hydrogens is 346 g/mol. The summed E-state index contributed by atoms with van der Waals surface area (Å²) in [6.07, 6.45) is 8.58. The largest absolute Gasteiger partial charge is 0.450 e. The van der Waals surface area contributed by atoms with Gasteiger partial charge in [-0.2, -0.15) is 0 Å². The lowest BCUT2D eigenvalue weighted by Crippen LogP contribution is -2.50. The van der Waals surface area contributed by atoms with Crippen molar-refractivity contribution in [1.29, 1.82) is 0 Å². The SMILES string of the molecule is CCOC(=O)N1CCN(C(=O)c2ccnc(NC3CCCCCC3)n2)CC1. The Morgan fingerprint density at radius 1 is 1.11 bits per heavy atom. The summed E-state index contributed by atoms with van der Waals surface area (Å²) in [6.45, 7) is 4.05. The molecule has 2 amide bonds. The normalized spacial score (nSPS) is 18.7. The third-order valence-corrected chi connectivity index (χ3v) is 5.16. The van der Waals surface area contributed by atoms with E-state index >= 15 is 0 Å². The maximum Gasteiger partial charge on any atom is 0.409 e. The number of hydrogen-bond acceptors (Lipinski definition) is 6. The van der Waals surface area contributed by atoms with Gasteiger partial charge in [0.1, 0.15) is 5.69 Å². The molecular formula is C19H29N5O3. The van der Waals surface area contributed by atoms with Gasteiger partial charge in [0.25, 0.3) is 5.91 Å². The highest BCUT2D eigenvalue weighted by Gasteiger charge is 2.26. The number of ether oxygens (including phenoxy) is 1. The van der Waals surface area contributed by atoms with Gasteiger partial charge >= 0.3 is 6.09 Å². The molecule has 1 N–H and O–H groups in total. The van der Waals surface area contributed by atoms with E-state index in [4.69, 9.17) is 4.74 Å². The van der Waals surface area contributed by atoms with E-state index in [1.54, 1.807) is 29.0 Å². The summed E-state index contributed by atoms with van der Waals surface area (Å²) in [7, 11) is 0. The third kappa shape index (κ3) is 5.30. The van der Waals surface area contributed by atoms with Crippen LogP contribution in [0.4, 0.5) is 10.7 Å². The van der Waals surface area contributed by atoms with Gasteiger partial charge in [-0.1, -0.05) is 25.7 Å². The van der Waals surface area contributed by atoms with Crippen molar-refractivity contribution in [3.8, 4) is 0 Å². The molecule has 148 valence electrons. The number of aromatic nitrogens is 2. The van der Waals surface area contributed by atoms with Gasteiger partial charge in [0.15, 0.2) is 0 Å². The molecule has 27 heavy (non-hydrogen) atoms. The van der Waals surface area contributed by atoms with Crippen LogP contribution in [0.15, 0.2) is 12.3 Å². The molecule has 2 fully saturated rings. The number of piperazine rings is 1. The molecule has 8 heteroatoms. The Kier molecular flexibility index (Phi) is 6.84. The number of anilines is 1. The van der Waals surface area contributed by atoms with Crippen molar-refractivity contribution < 1.29 is 14.3 Å². The van der Waals surface area contributed by atoms with Crippen LogP contribution in [0.25, 0.3) is 0 Å². The highest BCUT2D eigenvalue weighted by molar-refractivity contribution is 5.92. The summed E-state index contributed by atoms with van der Waals surface area (Å²) in [4.78, 5) is 36.6. The molecule has 1 saturated carbocycles. The molecule has 3 rings (SSSR count). The van der Waals surface area contributed by atoms with Gasteiger partial charge in [0.05, 0.1) is 6.61 Å². The number of rotatable bonds is 4. The molecule has 1 aromatic rings. The molecule has 1 aliphatic heterocycles. The predicted octanol–water partition coefficient (Wildman–Crippen LogP) is 2.53. The summed E-state index contributed by atoms with van der Waals surface area (Å²) >= 11 is 0. The number of hydrogen-bond donors (Lipinski definition) is 1. The first-order valence-corrected chi connectivity index (χ1v) is 9.98. The Morgan fingerprint density at radius 2 is 1.78 bits per heavy atom. The van der Waals surface area contributed by atoms with Gasteiger partial charge < -0.3 is 19.9 Å². The van der Waals surface area contributed by atoms with Gasteiger partial charge in [0, 0.05) is 38.4 Å². The van der Waals surface area contributed by atoms with Crippen LogP contribution in [-0.4, -0.2) is 70.6 Å². The van der Waals surface area contributed by atoms with Crippen LogP contribution in [0.3, 0.4) is 0 Å². The fraction of sp³-hybridized carbons (Fsp3) is 0.684. The molecule has 2 heterocycles. The lowest BCUT2D eigenvalue weighted by molar-refractivity contribution is 0.0566. The Bertz CT molecular complexity index is 638. The fourth-order valence-electron chi connectivity index (χ4n) is 3.62. The van der Waals surface area contributed by atoms with Crippen molar-refractivity contribution >= 4 is 17.9 Å². The van der Waals surface area contributed by atoms with Crippen LogP contribution in [-0.2, 0) is 4.74 Å². The second-order valence-electron chi connectivity index (χ2n) is 7.08. The lowest BCUT2D eigenvalue weighted by Gasteiger charge is -2.33. The fourth-order valence-corrected chi connectivity index (χ4v) is 3.62. The van der Waals surface area contributed by atoms with Crippen molar-refractivity contribution in [3.05, 3.63) is 18.0 Å². The van der Waals surface area contributed by atoms with E-state index in [1.165, 1.54) is 25.7 Å². The Hall–Kier alpha value is -2.38. The van der Waals surface area contributed by atoms with Crippen molar-refractivity contribution in [1.82, 2.24) is 19.8 Å². The number of amides is 2. The average molecular weight is 375 g/mol. The van der Waals surface area contributed by atoms with Crippen LogP contribution in [0, 0.1) is 0 Å². The van der Waals surface area contributed by atoms with Crippen molar-refractivity contribution in [2.75, 3.05) is 38.1 Å². The zero-order valence-corrected chi connectivity index (χ0v) is 16.0. The van der Waals surface area contributed by atoms with Crippen LogP contribution in [0.1, 0.15) is 55.9 Å². The van der Waals surface area contributed by atoms with Crippen molar-refractivity contribution in [3.63, 3.8) is 0 Å². The number of carbonyl (C=O) groups is 2. The topological polar surface area (TPSA) is 87.7 Å². The van der Waals surface area contributed by atoms with Crippen LogP contribution >= 0.6 is 0 Å². The molecule has 2 aliphatic rings. The van der Waals surface area contributed by atoms with E-state index in [0.717, 1.165) is 12.8 Å². The Balaban J connectivity index is 1.56. The molecule has 0 atom stereocenters. The minimum atomic E-state index is -0.318. The molecule has 1 aromatic heterocycles. The summed E-state index contributed by atoms with van der Waals surface area (Å²) in [5.74, 6) is 0.405. The molecule has 1 saturated heterocycles. The maximum absolute atomic E-state index is 12.8. The molecule has 8 nitrogen and oxygen atoms in total. The predicted molar refractivity (Wildman–Crippen MR) is 102 cm³/mol. The van der Waals surface area contributed by atoms with Crippen molar-refractivity contribution in [2.45, 2.75) is 51.5 Å². The molecule has 0 aromatic carbocycles. The zero-order valence-electron chi connectivity index (χ0n) is 16.0. The third-order valence-electron chi connectivity index (χ3n) is 5.16. The van der Waals surface area contributed by atoms with Gasteiger partial charge in [-0.05, 0) is 25.8 Å². The van der Waals surface area contributed by atoms with E-state index < -0.39 is 0 Å². The first kappa shape index (κ1) is 19.4. The lowest BCUT2D eigenvalue weighted by atomic mass is 10.1. The summed E-state index contributed by atoms with van der Waals surface area (Å²) in [6, 6.07) is 2.03. The summed E-state index contributed by atoms with van der Waals surface area (Å²) in [5, 5.41) is 3.39. The minimum absolute atomic E-state index is 0.121. The van der Waals surface area contributed by atoms with Crippen LogP contribution in [0.5, 0.6) is 0 Å². The molecule has 1 aliphatic carbocycles. The molecule has 0 radical (unpaired) electrons. The summed E-state index contributed by atoms with van der Waals surface area (Å²) < 4.78 is 5.01. The van der Waals surface area contributed by atoms with Gasteiger partial charge in [-0.15, -0.1) is 0 Å². The Morgan fingerprint density at radius 3 is 2.44 bits per heavy atom. The quantitative estimate of drug-likeness (QED) is 0.814. The van der Waals surface area contributed by atoms with E-state index in [-0.39, 0.29) is 12.0 Å². The van der Waals surface area contributed by atoms with E-state index in [1.807, 2.05) is 0 Å². The highest BCUT2D eigenvalue weighted by Crippen LogP contribution is 2.20. The smallest absolute Gasteiger partial charge is 0.409 e. The number of nitrogens with one attached hydrogen (secondary N) is 1. The maximum atomic E-state index is 12.8. The first-order valence-electron chi connectivity index (χ1n) is 9.98. The highest BCUT2D eigenvalue weighted by atomic mass is 16.6. The van der Waals surface area contributed by atoms with Crippen LogP contribution < -0.4 is 5.32 Å². The first-order chi connectivity index (χ1) is 13.2. The standard InChI is InChI=1S/C19H29N5O3/c1-2-27-19(26)24-13-11-23(12-14-24)17(25)16-9-10-20-18(22-16)21-15-7-5-3-4-6-8-15/h9-10,15H,2-8,11-14H2,1H3,(H,20,21,22). The second kappa shape index (κ2) is 9.53. The molecule has 0 spiro atoms. The number of carbonyl (C=O) groups excluding carboxylic acids is 2. The Labute approximate surface area is 160 Å². The molecule has 0 bridgehead atoms. The van der Waals surface area contributed by atoms with Crippen LogP contribution in [0.2, 0.25) is 0 Å². The zero-order chi connectivity index (χ0) is 19.1. The summed E-state index contributed by atoms with van der Waals surface area (Å²) in [5.41, 5.74) is 0.394. The van der Waals surface area contributed by atoms with E-state index in [2.05, 4.69) is 15.3 Å². The monoisotopic (exact) mass is 375 g/mol. The van der Waals surface area contributed by atoms with Gasteiger partial charge in [-0.25, -0.2) is 14.8 Å². The number of nitrogens with zero attached hydrogens (tertiary/aromatic N) is 4. The van der Waals surface area contributed by atoms with E-state index in [9.17, 15) is 9.59 Å². The van der Waals surface area contributed by atoms with Crippen molar-refractivity contribution in [2.24, 2.45) is 0 Å². The van der Waals surface area contributed by atoms with E-state index in [0.29, 0.717) is 50.5 Å². The van der Waals surface area contributed by atoms with Gasteiger partial charge in [0.2, 0.25) is 5.95 Å².